The molecule has 4 rings (SSSR count). The lowest BCUT2D eigenvalue weighted by Gasteiger charge is -2.22. The third-order valence-corrected chi connectivity index (χ3v) is 6.14. The van der Waals surface area contributed by atoms with Crippen LogP contribution in [0.25, 0.3) is 0 Å². The lowest BCUT2D eigenvalue weighted by atomic mass is 10.0. The Hall–Kier alpha value is -3.93. The Balaban J connectivity index is 1.37. The van der Waals surface area contributed by atoms with E-state index in [2.05, 4.69) is 5.32 Å². The fourth-order valence-electron chi connectivity index (χ4n) is 4.07. The van der Waals surface area contributed by atoms with E-state index in [4.69, 9.17) is 9.47 Å². The van der Waals surface area contributed by atoms with Gasteiger partial charge in [-0.2, -0.15) is 0 Å². The van der Waals surface area contributed by atoms with Crippen LogP contribution in [-0.4, -0.2) is 29.8 Å². The number of rotatable bonds is 14. The molecule has 5 heteroatoms. The molecular formula is C32H33NO4. The summed E-state index contributed by atoms with van der Waals surface area (Å²) in [4.78, 5) is 11.9. The van der Waals surface area contributed by atoms with Crippen LogP contribution < -0.4 is 10.1 Å². The van der Waals surface area contributed by atoms with Gasteiger partial charge in [0.05, 0.1) is 12.7 Å². The van der Waals surface area contributed by atoms with Crippen LogP contribution >= 0.6 is 0 Å². The van der Waals surface area contributed by atoms with Gasteiger partial charge in [0.15, 0.2) is 0 Å². The molecular weight excluding hydrogens is 462 g/mol. The Morgan fingerprint density at radius 2 is 1.16 bits per heavy atom. The lowest BCUT2D eigenvalue weighted by molar-refractivity contribution is -0.139. The van der Waals surface area contributed by atoms with E-state index in [1.807, 2.05) is 115 Å². The van der Waals surface area contributed by atoms with Crippen LogP contribution in [0, 0.1) is 0 Å². The van der Waals surface area contributed by atoms with Gasteiger partial charge in [0, 0.05) is 6.54 Å². The average Bonchev–Trinajstić information content (AvgIpc) is 2.95. The zero-order valence-corrected chi connectivity index (χ0v) is 20.8. The van der Waals surface area contributed by atoms with Gasteiger partial charge in [-0.15, -0.1) is 0 Å². The lowest BCUT2D eigenvalue weighted by Crippen LogP contribution is -2.43. The summed E-state index contributed by atoms with van der Waals surface area (Å²) in [6, 6.07) is 37.1. The second kappa shape index (κ2) is 14.0. The molecule has 0 radical (unpaired) electrons. The molecule has 0 aliphatic heterocycles. The zero-order valence-electron chi connectivity index (χ0n) is 20.8. The van der Waals surface area contributed by atoms with E-state index in [0.717, 1.165) is 28.0 Å². The van der Waals surface area contributed by atoms with E-state index in [1.165, 1.54) is 0 Å². The second-order valence-corrected chi connectivity index (χ2v) is 9.03. The smallest absolute Gasteiger partial charge is 0.321 e. The SMILES string of the molecule is O=C(O)[C@H](Cc1ccccc1)NC[C@H](Cc1ccc(OCc2ccccc2)cc1)OCc1ccccc1. The topological polar surface area (TPSA) is 67.8 Å². The van der Waals surface area contributed by atoms with Crippen LogP contribution in [0.15, 0.2) is 115 Å². The van der Waals surface area contributed by atoms with Crippen LogP contribution in [0.1, 0.15) is 22.3 Å². The Morgan fingerprint density at radius 3 is 1.73 bits per heavy atom. The first-order valence-corrected chi connectivity index (χ1v) is 12.6. The van der Waals surface area contributed by atoms with Crippen molar-refractivity contribution >= 4 is 5.97 Å². The van der Waals surface area contributed by atoms with Gasteiger partial charge in [-0.05, 0) is 47.2 Å². The van der Waals surface area contributed by atoms with E-state index in [0.29, 0.717) is 32.6 Å². The minimum Gasteiger partial charge on any atom is -0.489 e. The first-order chi connectivity index (χ1) is 18.2. The molecule has 4 aromatic carbocycles. The predicted octanol–water partition coefficient (Wildman–Crippen LogP) is 5.68. The summed E-state index contributed by atoms with van der Waals surface area (Å²) in [6.45, 7) is 1.40. The molecule has 0 amide bonds. The van der Waals surface area contributed by atoms with Gasteiger partial charge < -0.3 is 19.9 Å². The molecule has 190 valence electrons. The van der Waals surface area contributed by atoms with Crippen molar-refractivity contribution < 1.29 is 19.4 Å². The third-order valence-electron chi connectivity index (χ3n) is 6.14. The Labute approximate surface area is 218 Å². The highest BCUT2D eigenvalue weighted by Crippen LogP contribution is 2.17. The minimum absolute atomic E-state index is 0.200. The van der Waals surface area contributed by atoms with Gasteiger partial charge in [-0.25, -0.2) is 0 Å². The molecule has 37 heavy (non-hydrogen) atoms. The second-order valence-electron chi connectivity index (χ2n) is 9.03. The summed E-state index contributed by atoms with van der Waals surface area (Å²) >= 11 is 0. The first kappa shape index (κ1) is 26.1. The van der Waals surface area contributed by atoms with Crippen LogP contribution in [0.2, 0.25) is 0 Å². The molecule has 0 aromatic heterocycles. The minimum atomic E-state index is -0.870. The first-order valence-electron chi connectivity index (χ1n) is 12.6. The van der Waals surface area contributed by atoms with Crippen LogP contribution in [0.4, 0.5) is 0 Å². The number of carboxylic acids is 1. The third kappa shape index (κ3) is 8.90. The van der Waals surface area contributed by atoms with Gasteiger partial charge in [0.25, 0.3) is 0 Å². The van der Waals surface area contributed by atoms with Gasteiger partial charge in [-0.3, -0.25) is 4.79 Å². The number of aliphatic carboxylic acids is 1. The van der Waals surface area contributed by atoms with E-state index >= 15 is 0 Å². The standard InChI is InChI=1S/C32H33NO4/c34-32(35)31(21-25-10-4-1-5-11-25)33-22-30(37-24-28-14-8-3-9-15-28)20-26-16-18-29(19-17-26)36-23-27-12-6-2-7-13-27/h1-19,30-31,33H,20-24H2,(H,34,35)/t30-,31-/m0/s1. The maximum absolute atomic E-state index is 11.9. The molecule has 0 heterocycles. The Kier molecular flexibility index (Phi) is 9.87. The predicted molar refractivity (Wildman–Crippen MR) is 146 cm³/mol. The van der Waals surface area contributed by atoms with Crippen molar-refractivity contribution in [1.82, 2.24) is 5.32 Å². The van der Waals surface area contributed by atoms with Crippen molar-refractivity contribution in [2.75, 3.05) is 6.54 Å². The van der Waals surface area contributed by atoms with E-state index in [-0.39, 0.29) is 6.10 Å². The summed E-state index contributed by atoms with van der Waals surface area (Å²) in [5.74, 6) is -0.0631. The fourth-order valence-corrected chi connectivity index (χ4v) is 4.07. The van der Waals surface area contributed by atoms with Crippen molar-refractivity contribution in [1.29, 1.82) is 0 Å². The maximum Gasteiger partial charge on any atom is 0.321 e. The summed E-state index contributed by atoms with van der Waals surface area (Å²) in [5.41, 5.74) is 4.28. The largest absolute Gasteiger partial charge is 0.489 e. The van der Waals surface area contributed by atoms with Crippen molar-refractivity contribution in [2.24, 2.45) is 0 Å². The molecule has 5 nitrogen and oxygen atoms in total. The van der Waals surface area contributed by atoms with E-state index < -0.39 is 12.0 Å². The molecule has 4 aromatic rings. The van der Waals surface area contributed by atoms with Crippen molar-refractivity contribution in [3.8, 4) is 5.75 Å². The molecule has 0 unspecified atom stereocenters. The van der Waals surface area contributed by atoms with Gasteiger partial charge >= 0.3 is 5.97 Å². The highest BCUT2D eigenvalue weighted by molar-refractivity contribution is 5.73. The van der Waals surface area contributed by atoms with E-state index in [1.54, 1.807) is 0 Å². The van der Waals surface area contributed by atoms with Crippen molar-refractivity contribution in [2.45, 2.75) is 38.2 Å². The fraction of sp³-hybridized carbons (Fsp3) is 0.219. The number of nitrogens with one attached hydrogen (secondary N) is 1. The number of benzene rings is 4. The Morgan fingerprint density at radius 1 is 0.649 bits per heavy atom. The molecule has 0 saturated carbocycles. The number of carbonyl (C=O) groups is 1. The number of ether oxygens (including phenoxy) is 2. The molecule has 0 fully saturated rings. The van der Waals surface area contributed by atoms with Crippen LogP contribution in [-0.2, 0) is 35.6 Å². The van der Waals surface area contributed by atoms with E-state index in [9.17, 15) is 9.90 Å². The monoisotopic (exact) mass is 495 g/mol. The van der Waals surface area contributed by atoms with Gasteiger partial charge in [0.1, 0.15) is 18.4 Å². The average molecular weight is 496 g/mol. The van der Waals surface area contributed by atoms with Crippen LogP contribution in [0.5, 0.6) is 5.75 Å². The zero-order chi connectivity index (χ0) is 25.7. The molecule has 2 N–H and O–H groups in total. The highest BCUT2D eigenvalue weighted by Gasteiger charge is 2.20. The molecule has 0 bridgehead atoms. The van der Waals surface area contributed by atoms with Gasteiger partial charge in [0.2, 0.25) is 0 Å². The molecule has 2 atom stereocenters. The van der Waals surface area contributed by atoms with Crippen molar-refractivity contribution in [3.63, 3.8) is 0 Å². The molecule has 0 aliphatic rings. The maximum atomic E-state index is 11.9. The summed E-state index contributed by atoms with van der Waals surface area (Å²) in [7, 11) is 0. The van der Waals surface area contributed by atoms with Crippen molar-refractivity contribution in [3.05, 3.63) is 138 Å². The Bertz CT molecular complexity index is 1200. The normalized spacial score (nSPS) is 12.5. The summed E-state index contributed by atoms with van der Waals surface area (Å²) < 4.78 is 12.2. The summed E-state index contributed by atoms with van der Waals surface area (Å²) in [5, 5.41) is 13.0. The van der Waals surface area contributed by atoms with Crippen LogP contribution in [0.3, 0.4) is 0 Å². The number of carboxylic acid groups (broad SMARTS) is 1. The quantitative estimate of drug-likeness (QED) is 0.236. The molecule has 0 saturated heterocycles. The number of hydrogen-bond donors (Lipinski definition) is 2. The highest BCUT2D eigenvalue weighted by atomic mass is 16.5. The molecule has 0 spiro atoms. The number of hydrogen-bond acceptors (Lipinski definition) is 4. The van der Waals surface area contributed by atoms with Gasteiger partial charge in [-0.1, -0.05) is 103 Å². The summed E-state index contributed by atoms with van der Waals surface area (Å²) in [6.07, 6.45) is 0.861. The molecule has 0 aliphatic carbocycles.